The third-order valence-electron chi connectivity index (χ3n) is 3.01. The van der Waals surface area contributed by atoms with Gasteiger partial charge < -0.3 is 4.74 Å². The Balaban J connectivity index is 1.99. The molecule has 0 aliphatic rings. The molecule has 2 heterocycles. The van der Waals surface area contributed by atoms with Crippen molar-refractivity contribution < 1.29 is 4.74 Å². The number of rotatable bonds is 4. The van der Waals surface area contributed by atoms with Gasteiger partial charge in [-0.15, -0.1) is 5.10 Å². The van der Waals surface area contributed by atoms with Crippen LogP contribution in [0.3, 0.4) is 0 Å². The normalized spacial score (nSPS) is 10.8. The van der Waals surface area contributed by atoms with Gasteiger partial charge in [-0.3, -0.25) is 0 Å². The molecule has 2 aromatic heterocycles. The largest absolute Gasteiger partial charge is 0.380 e. The van der Waals surface area contributed by atoms with Crippen molar-refractivity contribution in [1.29, 1.82) is 0 Å². The summed E-state index contributed by atoms with van der Waals surface area (Å²) in [6.45, 7) is 0.515. The second-order valence-electron chi connectivity index (χ2n) is 4.46. The molecule has 3 aromatic rings. The van der Waals surface area contributed by atoms with Crippen LogP contribution in [0.4, 0.5) is 0 Å². The van der Waals surface area contributed by atoms with Crippen molar-refractivity contribution >= 4 is 11.6 Å². The first-order chi connectivity index (χ1) is 10.3. The summed E-state index contributed by atoms with van der Waals surface area (Å²) in [5.74, 6) is 0. The minimum atomic E-state index is 0.432. The van der Waals surface area contributed by atoms with Gasteiger partial charge in [-0.05, 0) is 18.2 Å². The SMILES string of the molecule is COCc1ccccc1-n1cc(-c2cccc(Cl)n2)nn1. The minimum absolute atomic E-state index is 0.432. The first-order valence-corrected chi connectivity index (χ1v) is 6.78. The summed E-state index contributed by atoms with van der Waals surface area (Å²) in [5.41, 5.74) is 3.33. The lowest BCUT2D eigenvalue weighted by molar-refractivity contribution is 0.184. The van der Waals surface area contributed by atoms with E-state index in [1.165, 1.54) is 0 Å². The maximum atomic E-state index is 5.90. The average Bonchev–Trinajstić information content (AvgIpc) is 2.98. The number of para-hydroxylation sites is 1. The van der Waals surface area contributed by atoms with Gasteiger partial charge in [-0.2, -0.15) is 0 Å². The zero-order valence-corrected chi connectivity index (χ0v) is 12.2. The van der Waals surface area contributed by atoms with Crippen LogP contribution in [0.1, 0.15) is 5.56 Å². The lowest BCUT2D eigenvalue weighted by Crippen LogP contribution is -2.01. The Morgan fingerprint density at radius 1 is 1.10 bits per heavy atom. The van der Waals surface area contributed by atoms with Crippen LogP contribution in [0.5, 0.6) is 0 Å². The number of hydrogen-bond acceptors (Lipinski definition) is 4. The van der Waals surface area contributed by atoms with Gasteiger partial charge in [0.05, 0.1) is 24.2 Å². The van der Waals surface area contributed by atoms with Gasteiger partial charge in [0, 0.05) is 12.7 Å². The summed E-state index contributed by atoms with van der Waals surface area (Å²) in [5, 5.41) is 8.75. The fourth-order valence-corrected chi connectivity index (χ4v) is 2.23. The molecule has 0 bridgehead atoms. The van der Waals surface area contributed by atoms with E-state index in [0.717, 1.165) is 11.3 Å². The molecule has 0 atom stereocenters. The molecule has 5 nitrogen and oxygen atoms in total. The zero-order valence-electron chi connectivity index (χ0n) is 11.4. The topological polar surface area (TPSA) is 52.8 Å². The van der Waals surface area contributed by atoms with Gasteiger partial charge in [0.1, 0.15) is 10.8 Å². The van der Waals surface area contributed by atoms with E-state index in [-0.39, 0.29) is 0 Å². The monoisotopic (exact) mass is 300 g/mol. The maximum Gasteiger partial charge on any atom is 0.131 e. The molecule has 106 valence electrons. The van der Waals surface area contributed by atoms with Crippen molar-refractivity contribution in [2.24, 2.45) is 0 Å². The summed E-state index contributed by atoms with van der Waals surface area (Å²) in [7, 11) is 1.67. The Labute approximate surface area is 127 Å². The van der Waals surface area contributed by atoms with Gasteiger partial charge in [-0.25, -0.2) is 9.67 Å². The smallest absolute Gasteiger partial charge is 0.131 e. The predicted molar refractivity (Wildman–Crippen MR) is 80.3 cm³/mol. The number of ether oxygens (including phenoxy) is 1. The highest BCUT2D eigenvalue weighted by Gasteiger charge is 2.09. The van der Waals surface area contributed by atoms with Crippen molar-refractivity contribution in [1.82, 2.24) is 20.0 Å². The lowest BCUT2D eigenvalue weighted by atomic mass is 10.2. The molecular weight excluding hydrogens is 288 g/mol. The van der Waals surface area contributed by atoms with Crippen molar-refractivity contribution in [3.8, 4) is 17.1 Å². The molecule has 1 aromatic carbocycles. The third-order valence-corrected chi connectivity index (χ3v) is 3.22. The van der Waals surface area contributed by atoms with Gasteiger partial charge in [-0.1, -0.05) is 41.1 Å². The standard InChI is InChI=1S/C15H13ClN4O/c1-21-10-11-5-2-3-7-14(11)20-9-13(18-19-20)12-6-4-8-15(16)17-12/h2-9H,10H2,1H3. The highest BCUT2D eigenvalue weighted by molar-refractivity contribution is 6.29. The van der Waals surface area contributed by atoms with Crippen LogP contribution in [0.2, 0.25) is 5.15 Å². The van der Waals surface area contributed by atoms with E-state index >= 15 is 0 Å². The quantitative estimate of drug-likeness (QED) is 0.695. The first kappa shape index (κ1) is 13.7. The van der Waals surface area contributed by atoms with E-state index in [1.807, 2.05) is 42.6 Å². The predicted octanol–water partition coefficient (Wildman–Crippen LogP) is 3.13. The van der Waals surface area contributed by atoms with Gasteiger partial charge in [0.15, 0.2) is 0 Å². The number of nitrogens with zero attached hydrogens (tertiary/aromatic N) is 4. The molecule has 0 amide bonds. The summed E-state index contributed by atoms with van der Waals surface area (Å²) < 4.78 is 6.92. The molecule has 21 heavy (non-hydrogen) atoms. The lowest BCUT2D eigenvalue weighted by Gasteiger charge is -2.07. The molecule has 0 spiro atoms. The molecule has 0 saturated carbocycles. The van der Waals surface area contributed by atoms with E-state index in [4.69, 9.17) is 16.3 Å². The second kappa shape index (κ2) is 6.03. The Hall–Kier alpha value is -2.24. The van der Waals surface area contributed by atoms with Crippen molar-refractivity contribution in [2.75, 3.05) is 7.11 Å². The van der Waals surface area contributed by atoms with Crippen molar-refractivity contribution in [2.45, 2.75) is 6.61 Å². The molecule has 0 aliphatic carbocycles. The number of hydrogen-bond donors (Lipinski definition) is 0. The van der Waals surface area contributed by atoms with Crippen LogP contribution in [0, 0.1) is 0 Å². The van der Waals surface area contributed by atoms with Crippen LogP contribution >= 0.6 is 11.6 Å². The van der Waals surface area contributed by atoms with E-state index in [1.54, 1.807) is 17.9 Å². The second-order valence-corrected chi connectivity index (χ2v) is 4.84. The van der Waals surface area contributed by atoms with Crippen LogP contribution in [-0.4, -0.2) is 27.1 Å². The van der Waals surface area contributed by atoms with Crippen molar-refractivity contribution in [3.05, 3.63) is 59.4 Å². The number of pyridine rings is 1. The van der Waals surface area contributed by atoms with Crippen LogP contribution in [0.15, 0.2) is 48.7 Å². The van der Waals surface area contributed by atoms with E-state index in [9.17, 15) is 0 Å². The van der Waals surface area contributed by atoms with Crippen molar-refractivity contribution in [3.63, 3.8) is 0 Å². The summed E-state index contributed by atoms with van der Waals surface area (Å²) in [6.07, 6.45) is 1.83. The van der Waals surface area contributed by atoms with Gasteiger partial charge >= 0.3 is 0 Å². The highest BCUT2D eigenvalue weighted by Crippen LogP contribution is 2.19. The van der Waals surface area contributed by atoms with E-state index < -0.39 is 0 Å². The molecule has 6 heteroatoms. The minimum Gasteiger partial charge on any atom is -0.380 e. The number of halogens is 1. The maximum absolute atomic E-state index is 5.90. The van der Waals surface area contributed by atoms with Gasteiger partial charge in [0.25, 0.3) is 0 Å². The van der Waals surface area contributed by atoms with Crippen LogP contribution in [0.25, 0.3) is 17.1 Å². The van der Waals surface area contributed by atoms with Gasteiger partial charge in [0.2, 0.25) is 0 Å². The third kappa shape index (κ3) is 2.94. The fourth-order valence-electron chi connectivity index (χ4n) is 2.06. The molecule has 0 radical (unpaired) electrons. The number of methoxy groups -OCH3 is 1. The van der Waals surface area contributed by atoms with E-state index in [0.29, 0.717) is 23.1 Å². The number of benzene rings is 1. The van der Waals surface area contributed by atoms with Crippen LogP contribution < -0.4 is 0 Å². The average molecular weight is 301 g/mol. The van der Waals surface area contributed by atoms with E-state index in [2.05, 4.69) is 15.3 Å². The molecule has 0 unspecified atom stereocenters. The first-order valence-electron chi connectivity index (χ1n) is 6.40. The summed E-state index contributed by atoms with van der Waals surface area (Å²) >= 11 is 5.90. The molecule has 0 fully saturated rings. The summed E-state index contributed by atoms with van der Waals surface area (Å²) in [6, 6.07) is 13.3. The Kier molecular flexibility index (Phi) is 3.94. The Morgan fingerprint density at radius 3 is 2.76 bits per heavy atom. The number of aromatic nitrogens is 4. The Bertz CT molecular complexity index is 757. The molecular formula is C15H13ClN4O. The fraction of sp³-hybridized carbons (Fsp3) is 0.133. The molecule has 0 saturated heterocycles. The highest BCUT2D eigenvalue weighted by atomic mass is 35.5. The molecule has 3 rings (SSSR count). The zero-order chi connectivity index (χ0) is 14.7. The molecule has 0 aliphatic heterocycles. The Morgan fingerprint density at radius 2 is 1.95 bits per heavy atom. The summed E-state index contributed by atoms with van der Waals surface area (Å²) in [4.78, 5) is 4.23. The molecule has 0 N–H and O–H groups in total. The van der Waals surface area contributed by atoms with Crippen LogP contribution in [-0.2, 0) is 11.3 Å².